The van der Waals surface area contributed by atoms with Gasteiger partial charge in [0, 0.05) is 19.1 Å². The SMILES string of the molecule is CC(c1ccc(-n2cncn2)cc1)N(C)C(=O)NCC(C)(C)N1CCCCC1. The van der Waals surface area contributed by atoms with Crippen molar-refractivity contribution in [1.82, 2.24) is 29.9 Å². The van der Waals surface area contributed by atoms with E-state index in [9.17, 15) is 4.79 Å². The second kappa shape index (κ2) is 8.73. The van der Waals surface area contributed by atoms with Gasteiger partial charge < -0.3 is 10.2 Å². The minimum atomic E-state index is -0.0436. The number of carbonyl (C=O) groups is 1. The Balaban J connectivity index is 1.56. The van der Waals surface area contributed by atoms with E-state index >= 15 is 0 Å². The third-order valence-corrected chi connectivity index (χ3v) is 5.84. The van der Waals surface area contributed by atoms with Crippen LogP contribution in [0.5, 0.6) is 0 Å². The highest BCUT2D eigenvalue weighted by molar-refractivity contribution is 5.74. The molecule has 1 atom stereocenters. The molecule has 7 heteroatoms. The quantitative estimate of drug-likeness (QED) is 0.830. The summed E-state index contributed by atoms with van der Waals surface area (Å²) >= 11 is 0. The first-order valence-corrected chi connectivity index (χ1v) is 10.1. The maximum atomic E-state index is 12.7. The smallest absolute Gasteiger partial charge is 0.317 e. The number of benzene rings is 1. The molecule has 1 aliphatic heterocycles. The molecule has 0 bridgehead atoms. The topological polar surface area (TPSA) is 66.3 Å². The summed E-state index contributed by atoms with van der Waals surface area (Å²) in [5.74, 6) is 0. The fourth-order valence-electron chi connectivity index (χ4n) is 3.67. The molecular formula is C21H32N6O. The molecule has 1 fully saturated rings. The van der Waals surface area contributed by atoms with E-state index in [-0.39, 0.29) is 17.6 Å². The molecule has 0 saturated carbocycles. The van der Waals surface area contributed by atoms with Crippen molar-refractivity contribution in [2.45, 2.75) is 51.6 Å². The van der Waals surface area contributed by atoms with Gasteiger partial charge in [0.1, 0.15) is 12.7 Å². The number of carbonyl (C=O) groups excluding carboxylic acids is 1. The second-order valence-corrected chi connectivity index (χ2v) is 8.24. The van der Waals surface area contributed by atoms with E-state index in [1.807, 2.05) is 38.2 Å². The molecule has 1 unspecified atom stereocenters. The van der Waals surface area contributed by atoms with Gasteiger partial charge in [0.15, 0.2) is 0 Å². The number of likely N-dealkylation sites (tertiary alicyclic amines) is 1. The van der Waals surface area contributed by atoms with Crippen molar-refractivity contribution in [3.8, 4) is 5.69 Å². The summed E-state index contributed by atoms with van der Waals surface area (Å²) < 4.78 is 1.72. The van der Waals surface area contributed by atoms with Crippen molar-refractivity contribution >= 4 is 6.03 Å². The summed E-state index contributed by atoms with van der Waals surface area (Å²) in [5, 5.41) is 7.26. The Morgan fingerprint density at radius 3 is 2.50 bits per heavy atom. The van der Waals surface area contributed by atoms with Gasteiger partial charge in [-0.05, 0) is 64.4 Å². The fourth-order valence-corrected chi connectivity index (χ4v) is 3.67. The highest BCUT2D eigenvalue weighted by Crippen LogP contribution is 2.22. The Kier molecular flexibility index (Phi) is 6.34. The number of aromatic nitrogens is 3. The molecule has 2 aromatic rings. The predicted octanol–water partition coefficient (Wildman–Crippen LogP) is 3.23. The molecule has 1 aromatic carbocycles. The van der Waals surface area contributed by atoms with Gasteiger partial charge in [-0.25, -0.2) is 14.5 Å². The van der Waals surface area contributed by atoms with Crippen LogP contribution in [0.4, 0.5) is 4.79 Å². The van der Waals surface area contributed by atoms with Crippen molar-refractivity contribution < 1.29 is 4.79 Å². The lowest BCUT2D eigenvalue weighted by Gasteiger charge is -2.41. The average Bonchev–Trinajstić information content (AvgIpc) is 3.26. The van der Waals surface area contributed by atoms with Crippen molar-refractivity contribution in [3.05, 3.63) is 42.5 Å². The molecule has 152 valence electrons. The Hall–Kier alpha value is -2.41. The van der Waals surface area contributed by atoms with Gasteiger partial charge in [-0.1, -0.05) is 18.6 Å². The zero-order chi connectivity index (χ0) is 20.1. The highest BCUT2D eigenvalue weighted by Gasteiger charge is 2.29. The molecule has 0 aliphatic carbocycles. The van der Waals surface area contributed by atoms with Gasteiger partial charge in [0.2, 0.25) is 0 Å². The Morgan fingerprint density at radius 1 is 1.21 bits per heavy atom. The number of hydrogen-bond acceptors (Lipinski definition) is 4. The van der Waals surface area contributed by atoms with Crippen molar-refractivity contribution in [2.75, 3.05) is 26.7 Å². The van der Waals surface area contributed by atoms with Crippen LogP contribution in [0.3, 0.4) is 0 Å². The summed E-state index contributed by atoms with van der Waals surface area (Å²) in [7, 11) is 1.85. The van der Waals surface area contributed by atoms with Gasteiger partial charge in [0.25, 0.3) is 0 Å². The van der Waals surface area contributed by atoms with Gasteiger partial charge in [-0.2, -0.15) is 5.10 Å². The third-order valence-electron chi connectivity index (χ3n) is 5.84. The summed E-state index contributed by atoms with van der Waals surface area (Å²) in [6.07, 6.45) is 6.99. The Labute approximate surface area is 167 Å². The van der Waals surface area contributed by atoms with Crippen molar-refractivity contribution in [1.29, 1.82) is 0 Å². The summed E-state index contributed by atoms with van der Waals surface area (Å²) in [6, 6.07) is 7.98. The van der Waals surface area contributed by atoms with Crippen LogP contribution >= 0.6 is 0 Å². The molecule has 2 amide bonds. The summed E-state index contributed by atoms with van der Waals surface area (Å²) in [5.41, 5.74) is 2.00. The summed E-state index contributed by atoms with van der Waals surface area (Å²) in [6.45, 7) is 9.35. The number of hydrogen-bond donors (Lipinski definition) is 1. The Bertz CT molecular complexity index is 750. The molecule has 7 nitrogen and oxygen atoms in total. The zero-order valence-corrected chi connectivity index (χ0v) is 17.4. The van der Waals surface area contributed by atoms with Crippen LogP contribution in [0.1, 0.15) is 51.6 Å². The normalized spacial score (nSPS) is 16.6. The molecule has 1 saturated heterocycles. The van der Waals surface area contributed by atoms with Crippen LogP contribution < -0.4 is 5.32 Å². The lowest BCUT2D eigenvalue weighted by Crippen LogP contribution is -2.54. The second-order valence-electron chi connectivity index (χ2n) is 8.24. The molecule has 3 rings (SSSR count). The van der Waals surface area contributed by atoms with Crippen LogP contribution in [-0.4, -0.2) is 62.8 Å². The van der Waals surface area contributed by atoms with E-state index in [4.69, 9.17) is 0 Å². The van der Waals surface area contributed by atoms with Gasteiger partial charge in [-0.15, -0.1) is 0 Å². The zero-order valence-electron chi connectivity index (χ0n) is 17.4. The number of piperidine rings is 1. The van der Waals surface area contributed by atoms with Crippen molar-refractivity contribution in [2.24, 2.45) is 0 Å². The largest absolute Gasteiger partial charge is 0.336 e. The molecule has 2 heterocycles. The lowest BCUT2D eigenvalue weighted by molar-refractivity contribution is 0.0937. The number of nitrogens with zero attached hydrogens (tertiary/aromatic N) is 5. The molecule has 0 radical (unpaired) electrons. The maximum Gasteiger partial charge on any atom is 0.317 e. The molecular weight excluding hydrogens is 352 g/mol. The van der Waals surface area contributed by atoms with Gasteiger partial charge in [0.05, 0.1) is 11.7 Å². The van der Waals surface area contributed by atoms with E-state index in [2.05, 4.69) is 34.1 Å². The third kappa shape index (κ3) is 4.70. The fraction of sp³-hybridized carbons (Fsp3) is 0.571. The molecule has 28 heavy (non-hydrogen) atoms. The maximum absolute atomic E-state index is 12.7. The minimum Gasteiger partial charge on any atom is -0.336 e. The molecule has 1 aliphatic rings. The summed E-state index contributed by atoms with van der Waals surface area (Å²) in [4.78, 5) is 20.9. The predicted molar refractivity (Wildman–Crippen MR) is 110 cm³/mol. The van der Waals surface area contributed by atoms with Crippen LogP contribution in [0.2, 0.25) is 0 Å². The number of nitrogens with one attached hydrogen (secondary N) is 1. The molecule has 1 N–H and O–H groups in total. The van der Waals surface area contributed by atoms with Crippen LogP contribution in [0, 0.1) is 0 Å². The van der Waals surface area contributed by atoms with E-state index < -0.39 is 0 Å². The standard InChI is InChI=1S/C21H32N6O/c1-17(18-8-10-19(11-9-18)27-16-22-15-24-27)25(4)20(28)23-14-21(2,3)26-12-6-5-7-13-26/h8-11,15-17H,5-7,12-14H2,1-4H3,(H,23,28). The van der Waals surface area contributed by atoms with Gasteiger partial charge in [-0.3, -0.25) is 4.90 Å². The molecule has 0 spiro atoms. The first-order chi connectivity index (χ1) is 13.4. The first-order valence-electron chi connectivity index (χ1n) is 10.1. The van der Waals surface area contributed by atoms with Crippen LogP contribution in [-0.2, 0) is 0 Å². The first kappa shape index (κ1) is 20.3. The Morgan fingerprint density at radius 2 is 1.89 bits per heavy atom. The van der Waals surface area contributed by atoms with Crippen LogP contribution in [0.25, 0.3) is 5.69 Å². The lowest BCUT2D eigenvalue weighted by atomic mass is 9.98. The van der Waals surface area contributed by atoms with E-state index in [1.165, 1.54) is 25.6 Å². The van der Waals surface area contributed by atoms with Crippen LogP contribution in [0.15, 0.2) is 36.9 Å². The van der Waals surface area contributed by atoms with E-state index in [0.717, 1.165) is 24.3 Å². The molecule has 1 aromatic heterocycles. The monoisotopic (exact) mass is 384 g/mol. The van der Waals surface area contributed by atoms with Crippen molar-refractivity contribution in [3.63, 3.8) is 0 Å². The van der Waals surface area contributed by atoms with E-state index in [0.29, 0.717) is 6.54 Å². The van der Waals surface area contributed by atoms with Gasteiger partial charge >= 0.3 is 6.03 Å². The number of urea groups is 1. The number of amides is 2. The highest BCUT2D eigenvalue weighted by atomic mass is 16.2. The number of rotatable bonds is 6. The van der Waals surface area contributed by atoms with E-state index in [1.54, 1.807) is 15.9 Å². The average molecular weight is 385 g/mol. The minimum absolute atomic E-state index is 0.0251.